The molecule has 0 aliphatic heterocycles. The Morgan fingerprint density at radius 2 is 0.743 bits per heavy atom. The van der Waals surface area contributed by atoms with Crippen molar-refractivity contribution in [2.24, 2.45) is 0 Å². The Labute approximate surface area is 192 Å². The summed E-state index contributed by atoms with van der Waals surface area (Å²) in [6, 6.07) is 1.67. The van der Waals surface area contributed by atoms with Crippen LogP contribution >= 0.6 is 11.3 Å². The fourth-order valence-corrected chi connectivity index (χ4v) is 3.81. The van der Waals surface area contributed by atoms with E-state index in [0.717, 1.165) is 0 Å². The Balaban J connectivity index is 2.36. The fourth-order valence-electron chi connectivity index (χ4n) is 2.85. The molecule has 0 bridgehead atoms. The van der Waals surface area contributed by atoms with E-state index < -0.39 is 84.8 Å². The summed E-state index contributed by atoms with van der Waals surface area (Å²) < 4.78 is 0. The van der Waals surface area contributed by atoms with Crippen molar-refractivity contribution in [3.63, 3.8) is 0 Å². The van der Waals surface area contributed by atoms with E-state index in [2.05, 4.69) is 10.2 Å². The molecule has 178 valence electrons. The molecule has 0 amide bonds. The molecule has 2 aromatic carbocycles. The summed E-state index contributed by atoms with van der Waals surface area (Å²) in [5.74, 6) is 0. The highest BCUT2D eigenvalue weighted by molar-refractivity contribution is 7.18. The third-order valence-corrected chi connectivity index (χ3v) is 5.18. The van der Waals surface area contributed by atoms with Gasteiger partial charge in [-0.3, -0.25) is 60.7 Å². The van der Waals surface area contributed by atoms with Crippen LogP contribution in [0.15, 0.2) is 24.3 Å². The quantitative estimate of drug-likeness (QED) is 0.311. The molecule has 0 radical (unpaired) electrons. The maximum absolute atomic E-state index is 11.5. The normalized spacial score (nSPS) is 10.5. The number of nitro groups is 6. The van der Waals surface area contributed by atoms with Crippen LogP contribution < -0.4 is 0 Å². The lowest BCUT2D eigenvalue weighted by Gasteiger charge is -2.02. The second kappa shape index (κ2) is 8.74. The third-order valence-electron chi connectivity index (χ3n) is 4.22. The number of nitro benzene ring substituents is 6. The van der Waals surface area contributed by atoms with Crippen molar-refractivity contribution < 1.29 is 29.5 Å². The molecular weight excluding hydrogens is 504 g/mol. The second-order valence-corrected chi connectivity index (χ2v) is 7.15. The molecule has 0 unspecified atom stereocenters. The van der Waals surface area contributed by atoms with Gasteiger partial charge >= 0.3 is 0 Å². The van der Waals surface area contributed by atoms with E-state index in [-0.39, 0.29) is 11.3 Å². The van der Waals surface area contributed by atoms with Crippen LogP contribution in [-0.4, -0.2) is 39.7 Å². The van der Waals surface area contributed by atoms with Gasteiger partial charge in [0.05, 0.1) is 53.8 Å². The van der Waals surface area contributed by atoms with Crippen LogP contribution in [0.5, 0.6) is 0 Å². The van der Waals surface area contributed by atoms with E-state index in [0.29, 0.717) is 24.3 Å². The van der Waals surface area contributed by atoms with E-state index in [1.54, 1.807) is 0 Å². The minimum absolute atomic E-state index is 0.214. The maximum atomic E-state index is 11.5. The Hall–Kier alpha value is -5.60. The van der Waals surface area contributed by atoms with Crippen molar-refractivity contribution in [2.75, 3.05) is 0 Å². The van der Waals surface area contributed by atoms with Gasteiger partial charge in [-0.1, -0.05) is 11.3 Å². The lowest BCUT2D eigenvalue weighted by molar-refractivity contribution is -0.402. The average Bonchev–Trinajstić information content (AvgIpc) is 3.26. The molecule has 0 aliphatic rings. The molecule has 0 N–H and O–H groups in total. The Morgan fingerprint density at radius 1 is 0.486 bits per heavy atom. The number of hydrogen-bond acceptors (Lipinski definition) is 15. The summed E-state index contributed by atoms with van der Waals surface area (Å²) in [4.78, 5) is 61.1. The van der Waals surface area contributed by atoms with Gasteiger partial charge in [0.15, 0.2) is 21.1 Å². The van der Waals surface area contributed by atoms with Crippen LogP contribution in [0.4, 0.5) is 34.1 Å². The van der Waals surface area contributed by atoms with Crippen LogP contribution in [0.1, 0.15) is 0 Å². The molecule has 0 saturated carbocycles. The molecule has 1 heterocycles. The fraction of sp³-hybridized carbons (Fsp3) is 0. The highest BCUT2D eigenvalue weighted by atomic mass is 32.1. The molecule has 20 nitrogen and oxygen atoms in total. The molecule has 3 aromatic rings. The smallest absolute Gasteiger partial charge is 0.258 e. The standard InChI is InChI=1S/C14H4N8O12S/c23-17(24)5-1-7(19(27)28)11(8(2-5)20(29)30)13-15-16-14(35-13)12-9(21(31)32)3-6(18(25)26)4-10(12)22(33)34/h1-4H. The first-order chi connectivity index (χ1) is 16.3. The predicted octanol–water partition coefficient (Wildman–Crippen LogP) is 3.32. The number of rotatable bonds is 8. The Bertz CT molecular complexity index is 1310. The molecule has 0 saturated heterocycles. The summed E-state index contributed by atoms with van der Waals surface area (Å²) in [6.45, 7) is 0. The summed E-state index contributed by atoms with van der Waals surface area (Å²) >= 11 is 0.214. The van der Waals surface area contributed by atoms with Crippen molar-refractivity contribution in [2.45, 2.75) is 0 Å². The number of non-ortho nitro benzene ring substituents is 2. The number of benzene rings is 2. The molecule has 1 aromatic heterocycles. The van der Waals surface area contributed by atoms with Gasteiger partial charge in [-0.15, -0.1) is 10.2 Å². The van der Waals surface area contributed by atoms with Crippen molar-refractivity contribution in [1.82, 2.24) is 10.2 Å². The van der Waals surface area contributed by atoms with Crippen molar-refractivity contribution >= 4 is 45.5 Å². The van der Waals surface area contributed by atoms with Crippen molar-refractivity contribution in [3.05, 3.63) is 85.0 Å². The van der Waals surface area contributed by atoms with Gasteiger partial charge in [0.1, 0.15) is 0 Å². The summed E-state index contributed by atoms with van der Waals surface area (Å²) in [7, 11) is 0. The summed E-state index contributed by atoms with van der Waals surface area (Å²) in [5.41, 5.74) is -8.16. The molecule has 0 spiro atoms. The lowest BCUT2D eigenvalue weighted by atomic mass is 10.1. The van der Waals surface area contributed by atoms with Crippen LogP contribution in [-0.2, 0) is 0 Å². The number of aromatic nitrogens is 2. The first-order valence-corrected chi connectivity index (χ1v) is 9.21. The number of hydrogen-bond donors (Lipinski definition) is 0. The van der Waals surface area contributed by atoms with Gasteiger partial charge in [-0.25, -0.2) is 0 Å². The number of nitrogens with zero attached hydrogens (tertiary/aromatic N) is 8. The second-order valence-electron chi connectivity index (χ2n) is 6.17. The van der Waals surface area contributed by atoms with Gasteiger partial charge in [-0.05, 0) is 0 Å². The molecule has 35 heavy (non-hydrogen) atoms. The molecule has 3 rings (SSSR count). The van der Waals surface area contributed by atoms with Gasteiger partial charge in [0.2, 0.25) is 0 Å². The lowest BCUT2D eigenvalue weighted by Crippen LogP contribution is -2.00. The predicted molar refractivity (Wildman–Crippen MR) is 111 cm³/mol. The zero-order chi connectivity index (χ0) is 26.2. The first kappa shape index (κ1) is 24.1. The maximum Gasteiger partial charge on any atom is 0.293 e. The Kier molecular flexibility index (Phi) is 6.00. The Morgan fingerprint density at radius 3 is 0.943 bits per heavy atom. The van der Waals surface area contributed by atoms with Crippen LogP contribution in [0.3, 0.4) is 0 Å². The van der Waals surface area contributed by atoms with Crippen LogP contribution in [0.25, 0.3) is 21.1 Å². The van der Waals surface area contributed by atoms with Crippen LogP contribution in [0, 0.1) is 60.7 Å². The topological polar surface area (TPSA) is 285 Å². The molecule has 0 aliphatic carbocycles. The zero-order valence-electron chi connectivity index (χ0n) is 16.2. The van der Waals surface area contributed by atoms with Crippen molar-refractivity contribution in [3.8, 4) is 21.1 Å². The highest BCUT2D eigenvalue weighted by Gasteiger charge is 2.37. The van der Waals surface area contributed by atoms with E-state index in [1.807, 2.05) is 0 Å². The van der Waals surface area contributed by atoms with E-state index in [4.69, 9.17) is 0 Å². The zero-order valence-corrected chi connectivity index (χ0v) is 17.0. The first-order valence-electron chi connectivity index (χ1n) is 8.40. The molecule has 21 heteroatoms. The van der Waals surface area contributed by atoms with Gasteiger partial charge in [-0.2, -0.15) is 0 Å². The molecule has 0 fully saturated rings. The SMILES string of the molecule is O=[N+]([O-])c1cc([N+](=O)[O-])c(-c2nnc(-c3c([N+](=O)[O-])cc([N+](=O)[O-])cc3[N+](=O)[O-])s2)c([N+](=O)[O-])c1. The van der Waals surface area contributed by atoms with Crippen molar-refractivity contribution in [1.29, 1.82) is 0 Å². The van der Waals surface area contributed by atoms with E-state index >= 15 is 0 Å². The molecule has 0 atom stereocenters. The monoisotopic (exact) mass is 508 g/mol. The van der Waals surface area contributed by atoms with Crippen LogP contribution in [0.2, 0.25) is 0 Å². The van der Waals surface area contributed by atoms with E-state index in [9.17, 15) is 60.7 Å². The largest absolute Gasteiger partial charge is 0.293 e. The molecular formula is C14H4N8O12S. The minimum Gasteiger partial charge on any atom is -0.258 e. The third kappa shape index (κ3) is 4.36. The minimum atomic E-state index is -1.17. The average molecular weight is 508 g/mol. The highest BCUT2D eigenvalue weighted by Crippen LogP contribution is 2.47. The summed E-state index contributed by atoms with van der Waals surface area (Å²) in [6.07, 6.45) is 0. The van der Waals surface area contributed by atoms with Gasteiger partial charge in [0.25, 0.3) is 34.1 Å². The van der Waals surface area contributed by atoms with Gasteiger partial charge in [0, 0.05) is 0 Å². The summed E-state index contributed by atoms with van der Waals surface area (Å²) in [5, 5.41) is 73.7. The van der Waals surface area contributed by atoms with E-state index in [1.165, 1.54) is 0 Å². The van der Waals surface area contributed by atoms with Gasteiger partial charge < -0.3 is 0 Å².